The Hall–Kier alpha value is -2.12. The van der Waals surface area contributed by atoms with Crippen LogP contribution in [0.25, 0.3) is 0 Å². The number of rotatable bonds is 9. The number of primary amides is 1. The Labute approximate surface area is 190 Å². The predicted molar refractivity (Wildman–Crippen MR) is 127 cm³/mol. The maximum atomic E-state index is 12.9. The van der Waals surface area contributed by atoms with E-state index in [-0.39, 0.29) is 18.2 Å². The molecule has 1 fully saturated rings. The highest BCUT2D eigenvalue weighted by molar-refractivity contribution is 6.31. The standard InChI is InChI=1S/C23H36ClN5O2/c1-6-29(18-9-7-17(8-10-18)28(4)5)21-12-16(24)11-19(14(21)2)23(31)27-13-20(15(3)25)22(26)30/h11-12,17-18,20,25H,6-10,13H2,1-5H3,(H2,26,30)(H,27,31). The van der Waals surface area contributed by atoms with E-state index in [1.54, 1.807) is 6.07 Å². The van der Waals surface area contributed by atoms with Gasteiger partial charge < -0.3 is 26.3 Å². The van der Waals surface area contributed by atoms with Gasteiger partial charge in [0.2, 0.25) is 5.91 Å². The second-order valence-corrected chi connectivity index (χ2v) is 9.09. The van der Waals surface area contributed by atoms with E-state index >= 15 is 0 Å². The zero-order chi connectivity index (χ0) is 23.3. The van der Waals surface area contributed by atoms with Gasteiger partial charge in [-0.3, -0.25) is 9.59 Å². The molecular formula is C23H36ClN5O2. The molecule has 0 saturated heterocycles. The highest BCUT2D eigenvalue weighted by atomic mass is 35.5. The number of halogens is 1. The van der Waals surface area contributed by atoms with Crippen LogP contribution in [-0.2, 0) is 4.79 Å². The first-order valence-corrected chi connectivity index (χ1v) is 11.3. The number of benzene rings is 1. The number of nitrogens with two attached hydrogens (primary N) is 1. The van der Waals surface area contributed by atoms with Crippen molar-refractivity contribution in [2.45, 2.75) is 58.5 Å². The lowest BCUT2D eigenvalue weighted by atomic mass is 9.89. The molecule has 31 heavy (non-hydrogen) atoms. The van der Waals surface area contributed by atoms with Gasteiger partial charge in [0.25, 0.3) is 5.91 Å². The number of amides is 2. The summed E-state index contributed by atoms with van der Waals surface area (Å²) in [5.41, 5.74) is 7.79. The van der Waals surface area contributed by atoms with Crippen LogP contribution in [-0.4, -0.2) is 61.7 Å². The van der Waals surface area contributed by atoms with E-state index in [1.807, 2.05) is 13.0 Å². The fraction of sp³-hybridized carbons (Fsp3) is 0.609. The minimum atomic E-state index is -0.818. The molecule has 2 amide bonds. The molecular weight excluding hydrogens is 414 g/mol. The monoisotopic (exact) mass is 449 g/mol. The van der Waals surface area contributed by atoms with Crippen LogP contribution in [0.3, 0.4) is 0 Å². The van der Waals surface area contributed by atoms with Gasteiger partial charge in [0.15, 0.2) is 0 Å². The fourth-order valence-electron chi connectivity index (χ4n) is 4.47. The summed E-state index contributed by atoms with van der Waals surface area (Å²) in [6.07, 6.45) is 4.50. The van der Waals surface area contributed by atoms with Gasteiger partial charge >= 0.3 is 0 Å². The molecule has 172 valence electrons. The molecule has 1 atom stereocenters. The molecule has 1 aliphatic carbocycles. The van der Waals surface area contributed by atoms with Crippen LogP contribution in [0, 0.1) is 18.3 Å². The van der Waals surface area contributed by atoms with Crippen molar-refractivity contribution in [3.05, 3.63) is 28.3 Å². The summed E-state index contributed by atoms with van der Waals surface area (Å²) >= 11 is 6.41. The van der Waals surface area contributed by atoms with Gasteiger partial charge in [-0.15, -0.1) is 0 Å². The van der Waals surface area contributed by atoms with Crippen LogP contribution in [0.1, 0.15) is 55.5 Å². The lowest BCUT2D eigenvalue weighted by Crippen LogP contribution is -2.43. The third kappa shape index (κ3) is 6.20. The van der Waals surface area contributed by atoms with E-state index < -0.39 is 11.8 Å². The molecule has 0 heterocycles. The van der Waals surface area contributed by atoms with Crippen LogP contribution in [0.5, 0.6) is 0 Å². The Morgan fingerprint density at radius 3 is 2.29 bits per heavy atom. The average Bonchev–Trinajstić information content (AvgIpc) is 2.70. The van der Waals surface area contributed by atoms with Crippen LogP contribution in [0.4, 0.5) is 5.69 Å². The molecule has 1 unspecified atom stereocenters. The Morgan fingerprint density at radius 1 is 1.23 bits per heavy atom. The van der Waals surface area contributed by atoms with Crippen molar-refractivity contribution in [1.29, 1.82) is 5.41 Å². The second kappa shape index (κ2) is 11.0. The maximum absolute atomic E-state index is 12.9. The van der Waals surface area contributed by atoms with Crippen LogP contribution >= 0.6 is 11.6 Å². The van der Waals surface area contributed by atoms with E-state index in [2.05, 4.69) is 36.1 Å². The Morgan fingerprint density at radius 2 is 1.81 bits per heavy atom. The Balaban J connectivity index is 2.23. The van der Waals surface area contributed by atoms with Crippen molar-refractivity contribution in [1.82, 2.24) is 10.2 Å². The first kappa shape index (κ1) is 25.1. The van der Waals surface area contributed by atoms with Gasteiger partial charge in [-0.05, 0) is 78.2 Å². The minimum absolute atomic E-state index is 0.00315. The van der Waals surface area contributed by atoms with Crippen molar-refractivity contribution in [3.63, 3.8) is 0 Å². The first-order valence-electron chi connectivity index (χ1n) is 10.9. The molecule has 2 rings (SSSR count). The first-order chi connectivity index (χ1) is 14.6. The van der Waals surface area contributed by atoms with Crippen molar-refractivity contribution >= 4 is 34.8 Å². The molecule has 0 spiro atoms. The molecule has 1 aliphatic rings. The summed E-state index contributed by atoms with van der Waals surface area (Å²) in [5, 5.41) is 10.9. The van der Waals surface area contributed by atoms with E-state index in [0.717, 1.165) is 43.5 Å². The summed E-state index contributed by atoms with van der Waals surface area (Å²) in [6, 6.07) is 4.62. The molecule has 8 heteroatoms. The van der Waals surface area contributed by atoms with E-state index in [9.17, 15) is 9.59 Å². The number of anilines is 1. The van der Waals surface area contributed by atoms with Gasteiger partial charge in [0.05, 0.1) is 5.92 Å². The summed E-state index contributed by atoms with van der Waals surface area (Å²) in [4.78, 5) is 29.1. The second-order valence-electron chi connectivity index (χ2n) is 8.66. The van der Waals surface area contributed by atoms with Gasteiger partial charge in [-0.2, -0.15) is 0 Å². The summed E-state index contributed by atoms with van der Waals surface area (Å²) in [7, 11) is 4.27. The van der Waals surface area contributed by atoms with Crippen LogP contribution in [0.2, 0.25) is 5.02 Å². The number of hydrogen-bond acceptors (Lipinski definition) is 5. The zero-order valence-corrected chi connectivity index (χ0v) is 20.1. The molecule has 1 aromatic rings. The maximum Gasteiger partial charge on any atom is 0.251 e. The van der Waals surface area contributed by atoms with Crippen LogP contribution in [0.15, 0.2) is 12.1 Å². The number of carbonyl (C=O) groups is 2. The molecule has 0 radical (unpaired) electrons. The topological polar surface area (TPSA) is 103 Å². The molecule has 0 bridgehead atoms. The lowest BCUT2D eigenvalue weighted by Gasteiger charge is -2.40. The van der Waals surface area contributed by atoms with Crippen molar-refractivity contribution in [2.75, 3.05) is 32.1 Å². The largest absolute Gasteiger partial charge is 0.369 e. The average molecular weight is 450 g/mol. The van der Waals surface area contributed by atoms with E-state index in [4.69, 9.17) is 22.7 Å². The van der Waals surface area contributed by atoms with E-state index in [1.165, 1.54) is 6.92 Å². The fourth-order valence-corrected chi connectivity index (χ4v) is 4.68. The third-order valence-electron chi connectivity index (χ3n) is 6.41. The van der Waals surface area contributed by atoms with Gasteiger partial charge in [-0.1, -0.05) is 11.6 Å². The molecule has 4 N–H and O–H groups in total. The predicted octanol–water partition coefficient (Wildman–Crippen LogP) is 3.22. The molecule has 1 aromatic carbocycles. The Kier molecular flexibility index (Phi) is 8.89. The molecule has 0 aliphatic heterocycles. The highest BCUT2D eigenvalue weighted by Gasteiger charge is 2.28. The van der Waals surface area contributed by atoms with Crippen molar-refractivity contribution in [3.8, 4) is 0 Å². The normalized spacial score (nSPS) is 19.7. The van der Waals surface area contributed by atoms with Crippen molar-refractivity contribution < 1.29 is 9.59 Å². The number of carbonyl (C=O) groups excluding carboxylic acids is 2. The van der Waals surface area contributed by atoms with Crippen LogP contribution < -0.4 is 16.0 Å². The van der Waals surface area contributed by atoms with Gasteiger partial charge in [-0.25, -0.2) is 0 Å². The Bertz CT molecular complexity index is 804. The van der Waals surface area contributed by atoms with E-state index in [0.29, 0.717) is 22.7 Å². The van der Waals surface area contributed by atoms with Crippen molar-refractivity contribution in [2.24, 2.45) is 11.7 Å². The zero-order valence-electron chi connectivity index (χ0n) is 19.3. The molecule has 0 aromatic heterocycles. The highest BCUT2D eigenvalue weighted by Crippen LogP contribution is 2.34. The smallest absolute Gasteiger partial charge is 0.251 e. The SMILES string of the molecule is CCN(c1cc(Cl)cc(C(=O)NCC(C(C)=N)C(N)=O)c1C)C1CCC(N(C)C)CC1. The molecule has 1 saturated carbocycles. The number of hydrogen-bond donors (Lipinski definition) is 3. The molecule has 7 nitrogen and oxygen atoms in total. The van der Waals surface area contributed by atoms with Gasteiger partial charge in [0.1, 0.15) is 0 Å². The summed E-state index contributed by atoms with van der Waals surface area (Å²) < 4.78 is 0. The lowest BCUT2D eigenvalue weighted by molar-refractivity contribution is -0.119. The minimum Gasteiger partial charge on any atom is -0.369 e. The summed E-state index contributed by atoms with van der Waals surface area (Å²) in [5.74, 6) is -1.76. The quantitative estimate of drug-likeness (QED) is 0.503. The summed E-state index contributed by atoms with van der Waals surface area (Å²) in [6.45, 7) is 6.39. The van der Waals surface area contributed by atoms with Gasteiger partial charge in [0, 0.05) is 47.2 Å². The third-order valence-corrected chi connectivity index (χ3v) is 6.63. The number of nitrogens with zero attached hydrogens (tertiary/aromatic N) is 2. The number of nitrogens with one attached hydrogen (secondary N) is 2.